The number of carbonyl (C=O) groups excluding carboxylic acids is 3. The van der Waals surface area contributed by atoms with Crippen molar-refractivity contribution < 1.29 is 28.6 Å². The highest BCUT2D eigenvalue weighted by atomic mass is 16.5. The Morgan fingerprint density at radius 2 is 1.82 bits per heavy atom. The number of amides is 3. The van der Waals surface area contributed by atoms with Gasteiger partial charge in [0.2, 0.25) is 11.8 Å². The number of hydrogen-bond donors (Lipinski definition) is 2. The summed E-state index contributed by atoms with van der Waals surface area (Å²) >= 11 is 0. The number of hydrogen-bond acceptors (Lipinski definition) is 6. The molecule has 0 unspecified atom stereocenters. The van der Waals surface area contributed by atoms with Crippen molar-refractivity contribution in [1.29, 1.82) is 0 Å². The minimum atomic E-state index is -0.365. The number of rotatable bonds is 4. The molecule has 5 rings (SSSR count). The molecule has 9 nitrogen and oxygen atoms in total. The lowest BCUT2D eigenvalue weighted by Gasteiger charge is -2.21. The lowest BCUT2D eigenvalue weighted by atomic mass is 10.1. The zero-order chi connectivity index (χ0) is 27.1. The van der Waals surface area contributed by atoms with Crippen molar-refractivity contribution in [1.82, 2.24) is 15.5 Å². The summed E-state index contributed by atoms with van der Waals surface area (Å²) in [5.74, 6) is 1.75. The number of likely N-dealkylation sites (tertiary alicyclic amines) is 1. The first-order valence-corrected chi connectivity index (χ1v) is 13.2. The van der Waals surface area contributed by atoms with Crippen LogP contribution in [0.25, 0.3) is 0 Å². The smallest absolute Gasteiger partial charge is 0.258 e. The largest absolute Gasteiger partial charge is 0.493 e. The van der Waals surface area contributed by atoms with Gasteiger partial charge in [-0.05, 0) is 54.2 Å². The number of nitrogens with zero attached hydrogens (tertiary/aromatic N) is 1. The number of aryl methyl sites for hydroxylation is 1. The van der Waals surface area contributed by atoms with Crippen molar-refractivity contribution in [3.63, 3.8) is 0 Å². The summed E-state index contributed by atoms with van der Waals surface area (Å²) in [6.07, 6.45) is 1.67. The number of carbonyl (C=O) groups is 3. The van der Waals surface area contributed by atoms with Crippen LogP contribution in [-0.2, 0) is 27.3 Å². The minimum absolute atomic E-state index is 0.0790. The number of methoxy groups -OCH3 is 1. The molecule has 2 N–H and O–H groups in total. The molecule has 0 spiro atoms. The first kappa shape index (κ1) is 27.3. The summed E-state index contributed by atoms with van der Waals surface area (Å²) in [4.78, 5) is 40.0. The second-order valence-corrected chi connectivity index (χ2v) is 10.3. The average molecular weight is 524 g/mol. The fourth-order valence-electron chi connectivity index (χ4n) is 4.59. The molecule has 3 aliphatic rings. The van der Waals surface area contributed by atoms with Crippen LogP contribution in [-0.4, -0.2) is 61.6 Å². The van der Waals surface area contributed by atoms with Crippen LogP contribution < -0.4 is 24.8 Å². The highest BCUT2D eigenvalue weighted by Gasteiger charge is 2.37. The molecule has 9 heteroatoms. The van der Waals surface area contributed by atoms with E-state index in [-0.39, 0.29) is 42.9 Å². The molecule has 3 heterocycles. The van der Waals surface area contributed by atoms with Crippen LogP contribution in [0.15, 0.2) is 42.5 Å². The molecule has 1 fully saturated rings. The molecule has 0 aromatic heterocycles. The van der Waals surface area contributed by atoms with Crippen molar-refractivity contribution >= 4 is 17.7 Å². The maximum atomic E-state index is 13.0. The lowest BCUT2D eigenvalue weighted by molar-refractivity contribution is -0.131. The summed E-state index contributed by atoms with van der Waals surface area (Å²) in [6.45, 7) is 5.22. The van der Waals surface area contributed by atoms with Crippen LogP contribution in [0, 0.1) is 5.92 Å². The summed E-state index contributed by atoms with van der Waals surface area (Å²) in [5, 5.41) is 5.96. The Balaban J connectivity index is 1.53. The van der Waals surface area contributed by atoms with Gasteiger partial charge in [0.15, 0.2) is 18.1 Å². The number of nitrogens with one attached hydrogen (secondary N) is 2. The Hall–Kier alpha value is -3.75. The molecule has 2 aromatic carbocycles. The average Bonchev–Trinajstić information content (AvgIpc) is 3.30. The Labute approximate surface area is 223 Å². The normalized spacial score (nSPS) is 20.3. The molecule has 4 bridgehead atoms. The molecule has 2 aromatic rings. The molecule has 1 saturated heterocycles. The highest BCUT2D eigenvalue weighted by molar-refractivity contribution is 5.79. The van der Waals surface area contributed by atoms with E-state index >= 15 is 0 Å². The van der Waals surface area contributed by atoms with Crippen LogP contribution >= 0.6 is 0 Å². The van der Waals surface area contributed by atoms with Gasteiger partial charge < -0.3 is 29.7 Å². The molecular formula is C29H37N3O6. The Kier molecular flexibility index (Phi) is 9.10. The van der Waals surface area contributed by atoms with E-state index in [9.17, 15) is 14.4 Å². The van der Waals surface area contributed by atoms with Gasteiger partial charge in [-0.15, -0.1) is 0 Å². The molecule has 38 heavy (non-hydrogen) atoms. The maximum absolute atomic E-state index is 13.0. The van der Waals surface area contributed by atoms with E-state index in [1.54, 1.807) is 17.0 Å². The van der Waals surface area contributed by atoms with Gasteiger partial charge in [0.05, 0.1) is 19.7 Å². The van der Waals surface area contributed by atoms with Crippen molar-refractivity contribution in [3.05, 3.63) is 53.6 Å². The SMILES string of the molecule is COc1ccc2cc1OCC(=O)NCc1ccc(cc1)O[C@H]1CN(C(=O)CCC(C)C)C[C@@H]1NC(=O)CC2. The topological polar surface area (TPSA) is 106 Å². The number of benzene rings is 2. The van der Waals surface area contributed by atoms with Gasteiger partial charge in [-0.3, -0.25) is 14.4 Å². The van der Waals surface area contributed by atoms with E-state index in [1.165, 1.54) is 7.11 Å². The lowest BCUT2D eigenvalue weighted by Crippen LogP contribution is -2.45. The van der Waals surface area contributed by atoms with Crippen LogP contribution in [0.3, 0.4) is 0 Å². The summed E-state index contributed by atoms with van der Waals surface area (Å²) in [7, 11) is 1.54. The summed E-state index contributed by atoms with van der Waals surface area (Å²) in [6, 6.07) is 12.6. The first-order valence-electron chi connectivity index (χ1n) is 13.2. The zero-order valence-electron chi connectivity index (χ0n) is 22.3. The zero-order valence-corrected chi connectivity index (χ0v) is 22.3. The van der Waals surface area contributed by atoms with Crippen LogP contribution in [0.1, 0.15) is 44.2 Å². The van der Waals surface area contributed by atoms with Gasteiger partial charge >= 0.3 is 0 Å². The molecule has 2 atom stereocenters. The molecule has 0 aliphatic carbocycles. The van der Waals surface area contributed by atoms with Gasteiger partial charge in [-0.2, -0.15) is 0 Å². The third-order valence-electron chi connectivity index (χ3n) is 6.83. The second kappa shape index (κ2) is 12.7. The van der Waals surface area contributed by atoms with Crippen molar-refractivity contribution in [2.45, 2.75) is 58.2 Å². The van der Waals surface area contributed by atoms with Gasteiger partial charge in [0.25, 0.3) is 5.91 Å². The van der Waals surface area contributed by atoms with Gasteiger partial charge in [0.1, 0.15) is 11.9 Å². The van der Waals surface area contributed by atoms with E-state index in [0.717, 1.165) is 17.5 Å². The molecule has 0 saturated carbocycles. The van der Waals surface area contributed by atoms with Gasteiger partial charge in [-0.1, -0.05) is 32.0 Å². The van der Waals surface area contributed by atoms with E-state index in [1.807, 2.05) is 30.3 Å². The minimum Gasteiger partial charge on any atom is -0.493 e. The molecule has 204 valence electrons. The Bertz CT molecular complexity index is 1130. The third-order valence-corrected chi connectivity index (χ3v) is 6.83. The maximum Gasteiger partial charge on any atom is 0.258 e. The Morgan fingerprint density at radius 3 is 2.55 bits per heavy atom. The van der Waals surface area contributed by atoms with Crippen molar-refractivity contribution in [2.75, 3.05) is 26.8 Å². The summed E-state index contributed by atoms with van der Waals surface area (Å²) < 4.78 is 17.4. The summed E-state index contributed by atoms with van der Waals surface area (Å²) in [5.41, 5.74) is 1.79. The fourth-order valence-corrected chi connectivity index (χ4v) is 4.59. The van der Waals surface area contributed by atoms with E-state index in [2.05, 4.69) is 24.5 Å². The fraction of sp³-hybridized carbons (Fsp3) is 0.483. The Morgan fingerprint density at radius 1 is 1.05 bits per heavy atom. The first-order chi connectivity index (χ1) is 18.3. The predicted molar refractivity (Wildman–Crippen MR) is 142 cm³/mol. The van der Waals surface area contributed by atoms with Crippen LogP contribution in [0.5, 0.6) is 17.2 Å². The number of ether oxygens (including phenoxy) is 3. The van der Waals surface area contributed by atoms with Crippen LogP contribution in [0.2, 0.25) is 0 Å². The monoisotopic (exact) mass is 523 g/mol. The van der Waals surface area contributed by atoms with Gasteiger partial charge in [-0.25, -0.2) is 0 Å². The molecule has 3 aliphatic heterocycles. The third kappa shape index (κ3) is 7.40. The van der Waals surface area contributed by atoms with Crippen LogP contribution in [0.4, 0.5) is 0 Å². The van der Waals surface area contributed by atoms with E-state index < -0.39 is 0 Å². The predicted octanol–water partition coefficient (Wildman–Crippen LogP) is 2.85. The quantitative estimate of drug-likeness (QED) is 0.639. The standard InChI is InChI=1S/C29H37N3O6/c1-19(2)4-13-29(35)32-16-23-26(17-32)38-22-9-5-21(6-10-22)15-30-28(34)18-37-25-14-20(7-11-24(25)36-3)8-12-27(33)31-23/h5-7,9-11,14,19,23,26H,4,8,12-13,15-18H2,1-3H3,(H,30,34)(H,31,33)/t23-,26-/m0/s1. The van der Waals surface area contributed by atoms with Crippen molar-refractivity contribution in [3.8, 4) is 17.2 Å². The van der Waals surface area contributed by atoms with E-state index in [4.69, 9.17) is 14.2 Å². The van der Waals surface area contributed by atoms with Crippen molar-refractivity contribution in [2.24, 2.45) is 5.92 Å². The highest BCUT2D eigenvalue weighted by Crippen LogP contribution is 2.29. The molecule has 0 radical (unpaired) electrons. The van der Waals surface area contributed by atoms with Gasteiger partial charge in [0, 0.05) is 25.9 Å². The molecular weight excluding hydrogens is 486 g/mol. The van der Waals surface area contributed by atoms with E-state index in [0.29, 0.717) is 55.6 Å². The molecule has 3 amide bonds. The number of fused-ring (bicyclic) bond motifs is 9. The second-order valence-electron chi connectivity index (χ2n) is 10.3.